The number of aromatic hydroxyl groups is 1. The second kappa shape index (κ2) is 2.67. The molecule has 2 heterocycles. The smallest absolute Gasteiger partial charge is 0.255 e. The van der Waals surface area contributed by atoms with Gasteiger partial charge in [-0.05, 0) is 6.92 Å². The molecule has 0 radical (unpaired) electrons. The van der Waals surface area contributed by atoms with Crippen molar-refractivity contribution in [2.45, 2.75) is 13.5 Å². The number of hydrogen-bond acceptors (Lipinski definition) is 5. The van der Waals surface area contributed by atoms with E-state index in [0.717, 1.165) is 0 Å². The standard InChI is InChI=1S/C7H8N4O2/c1-4-2-6(13)11-7(8-4)9-5(3-12)10-11/h2,12-13H,3H2,1H3. The van der Waals surface area contributed by atoms with E-state index >= 15 is 0 Å². The summed E-state index contributed by atoms with van der Waals surface area (Å²) in [6.07, 6.45) is 0. The van der Waals surface area contributed by atoms with E-state index in [1.807, 2.05) is 0 Å². The molecular formula is C7H8N4O2. The summed E-state index contributed by atoms with van der Waals surface area (Å²) in [6.45, 7) is 1.48. The molecule has 0 spiro atoms. The minimum Gasteiger partial charge on any atom is -0.493 e. The van der Waals surface area contributed by atoms with E-state index in [-0.39, 0.29) is 18.3 Å². The monoisotopic (exact) mass is 180 g/mol. The van der Waals surface area contributed by atoms with Gasteiger partial charge in [-0.3, -0.25) is 0 Å². The van der Waals surface area contributed by atoms with E-state index in [9.17, 15) is 5.11 Å². The van der Waals surface area contributed by atoms with Gasteiger partial charge in [0.2, 0.25) is 5.88 Å². The second-order valence-corrected chi connectivity index (χ2v) is 2.65. The Labute approximate surface area is 73.5 Å². The van der Waals surface area contributed by atoms with Crippen LogP contribution in [0.1, 0.15) is 11.5 Å². The van der Waals surface area contributed by atoms with Crippen LogP contribution < -0.4 is 0 Å². The predicted octanol–water partition coefficient (Wildman–Crippen LogP) is -0.369. The maximum atomic E-state index is 9.40. The van der Waals surface area contributed by atoms with Gasteiger partial charge in [-0.25, -0.2) is 4.98 Å². The Kier molecular flexibility index (Phi) is 1.63. The molecule has 2 N–H and O–H groups in total. The molecule has 0 saturated heterocycles. The van der Waals surface area contributed by atoms with E-state index in [1.54, 1.807) is 6.92 Å². The first-order valence-electron chi connectivity index (χ1n) is 3.74. The lowest BCUT2D eigenvalue weighted by Gasteiger charge is -1.95. The molecule has 2 rings (SSSR count). The first kappa shape index (κ1) is 7.93. The van der Waals surface area contributed by atoms with Crippen molar-refractivity contribution in [2.75, 3.05) is 0 Å². The Bertz CT molecular complexity index is 451. The Balaban J connectivity index is 2.75. The largest absolute Gasteiger partial charge is 0.493 e. The summed E-state index contributed by atoms with van der Waals surface area (Å²) in [6, 6.07) is 1.48. The molecule has 0 aliphatic rings. The van der Waals surface area contributed by atoms with Crippen molar-refractivity contribution in [3.8, 4) is 5.88 Å². The molecule has 0 unspecified atom stereocenters. The fourth-order valence-corrected chi connectivity index (χ4v) is 1.08. The SMILES string of the molecule is Cc1cc(O)n2nc(CO)nc2n1. The Morgan fingerprint density at radius 2 is 2.23 bits per heavy atom. The topological polar surface area (TPSA) is 83.5 Å². The van der Waals surface area contributed by atoms with Gasteiger partial charge in [0.15, 0.2) is 5.82 Å². The van der Waals surface area contributed by atoms with Gasteiger partial charge in [0.1, 0.15) is 6.61 Å². The molecule has 68 valence electrons. The van der Waals surface area contributed by atoms with Gasteiger partial charge in [-0.2, -0.15) is 9.50 Å². The number of aromatic nitrogens is 4. The van der Waals surface area contributed by atoms with Crippen molar-refractivity contribution < 1.29 is 10.2 Å². The van der Waals surface area contributed by atoms with E-state index in [1.165, 1.54) is 10.6 Å². The molecule has 0 saturated carbocycles. The first-order chi connectivity index (χ1) is 6.20. The van der Waals surface area contributed by atoms with Crippen molar-refractivity contribution in [2.24, 2.45) is 0 Å². The normalized spacial score (nSPS) is 10.9. The highest BCUT2D eigenvalue weighted by Crippen LogP contribution is 2.11. The minimum absolute atomic E-state index is 0.0327. The first-order valence-corrected chi connectivity index (χ1v) is 3.74. The van der Waals surface area contributed by atoms with Crippen LogP contribution in [0.2, 0.25) is 0 Å². The molecule has 6 heteroatoms. The number of rotatable bonds is 1. The Hall–Kier alpha value is -1.69. The Morgan fingerprint density at radius 1 is 1.46 bits per heavy atom. The average Bonchev–Trinajstić information content (AvgIpc) is 2.47. The van der Waals surface area contributed by atoms with Crippen molar-refractivity contribution in [3.05, 3.63) is 17.6 Å². The van der Waals surface area contributed by atoms with Crippen LogP contribution in [0.3, 0.4) is 0 Å². The minimum atomic E-state index is -0.262. The molecule has 0 aliphatic heterocycles. The summed E-state index contributed by atoms with van der Waals surface area (Å²) < 4.78 is 1.18. The van der Waals surface area contributed by atoms with Crippen LogP contribution in [-0.2, 0) is 6.61 Å². The molecule has 0 aromatic carbocycles. The zero-order chi connectivity index (χ0) is 9.42. The molecule has 0 atom stereocenters. The molecule has 13 heavy (non-hydrogen) atoms. The van der Waals surface area contributed by atoms with Crippen LogP contribution in [0.5, 0.6) is 5.88 Å². The second-order valence-electron chi connectivity index (χ2n) is 2.65. The van der Waals surface area contributed by atoms with E-state index in [4.69, 9.17) is 5.11 Å². The third kappa shape index (κ3) is 1.20. The number of nitrogens with zero attached hydrogens (tertiary/aromatic N) is 4. The van der Waals surface area contributed by atoms with Gasteiger partial charge in [0.05, 0.1) is 0 Å². The van der Waals surface area contributed by atoms with Gasteiger partial charge < -0.3 is 10.2 Å². The summed E-state index contributed by atoms with van der Waals surface area (Å²) >= 11 is 0. The number of aliphatic hydroxyl groups is 1. The highest BCUT2D eigenvalue weighted by atomic mass is 16.3. The van der Waals surface area contributed by atoms with Crippen molar-refractivity contribution in [1.82, 2.24) is 19.6 Å². The third-order valence-corrected chi connectivity index (χ3v) is 1.61. The van der Waals surface area contributed by atoms with Gasteiger partial charge in [-0.15, -0.1) is 5.10 Å². The molecule has 6 nitrogen and oxygen atoms in total. The van der Waals surface area contributed by atoms with Crippen molar-refractivity contribution in [3.63, 3.8) is 0 Å². The lowest BCUT2D eigenvalue weighted by molar-refractivity contribution is 0.271. The lowest BCUT2D eigenvalue weighted by Crippen LogP contribution is -1.93. The average molecular weight is 180 g/mol. The number of aliphatic hydroxyl groups excluding tert-OH is 1. The zero-order valence-electron chi connectivity index (χ0n) is 6.97. The number of hydrogen-bond donors (Lipinski definition) is 2. The van der Waals surface area contributed by atoms with Crippen LogP contribution in [-0.4, -0.2) is 29.8 Å². The van der Waals surface area contributed by atoms with Crippen LogP contribution >= 0.6 is 0 Å². The van der Waals surface area contributed by atoms with Crippen LogP contribution in [0, 0.1) is 6.92 Å². The van der Waals surface area contributed by atoms with Crippen molar-refractivity contribution >= 4 is 5.78 Å². The highest BCUT2D eigenvalue weighted by molar-refractivity contribution is 5.33. The molecule has 2 aromatic heterocycles. The number of fused-ring (bicyclic) bond motifs is 1. The van der Waals surface area contributed by atoms with E-state index in [2.05, 4.69) is 15.1 Å². The van der Waals surface area contributed by atoms with Crippen LogP contribution in [0.25, 0.3) is 5.78 Å². The third-order valence-electron chi connectivity index (χ3n) is 1.61. The highest BCUT2D eigenvalue weighted by Gasteiger charge is 2.07. The van der Waals surface area contributed by atoms with Gasteiger partial charge in [-0.1, -0.05) is 0 Å². The van der Waals surface area contributed by atoms with Crippen LogP contribution in [0.4, 0.5) is 0 Å². The van der Waals surface area contributed by atoms with Crippen LogP contribution in [0.15, 0.2) is 6.07 Å². The zero-order valence-corrected chi connectivity index (χ0v) is 6.97. The number of aryl methyl sites for hydroxylation is 1. The summed E-state index contributed by atoms with van der Waals surface area (Å²) in [5.74, 6) is 0.504. The molecule has 2 aromatic rings. The van der Waals surface area contributed by atoms with E-state index < -0.39 is 0 Å². The predicted molar refractivity (Wildman–Crippen MR) is 43.1 cm³/mol. The lowest BCUT2D eigenvalue weighted by atomic mass is 10.4. The molecule has 0 aliphatic carbocycles. The summed E-state index contributed by atoms with van der Waals surface area (Å²) in [5, 5.41) is 22.0. The molecule has 0 bridgehead atoms. The summed E-state index contributed by atoms with van der Waals surface area (Å²) in [5.41, 5.74) is 0.655. The van der Waals surface area contributed by atoms with Gasteiger partial charge in [0.25, 0.3) is 5.78 Å². The van der Waals surface area contributed by atoms with Crippen molar-refractivity contribution in [1.29, 1.82) is 0 Å². The molecule has 0 fully saturated rings. The maximum absolute atomic E-state index is 9.40. The van der Waals surface area contributed by atoms with Gasteiger partial charge in [0, 0.05) is 11.8 Å². The quantitative estimate of drug-likeness (QED) is 0.625. The van der Waals surface area contributed by atoms with Gasteiger partial charge >= 0.3 is 0 Å². The Morgan fingerprint density at radius 3 is 2.92 bits per heavy atom. The maximum Gasteiger partial charge on any atom is 0.255 e. The summed E-state index contributed by atoms with van der Waals surface area (Å²) in [4.78, 5) is 7.91. The molecule has 0 amide bonds. The fourth-order valence-electron chi connectivity index (χ4n) is 1.08. The fraction of sp³-hybridized carbons (Fsp3) is 0.286. The van der Waals surface area contributed by atoms with E-state index in [0.29, 0.717) is 11.5 Å². The molecular weight excluding hydrogens is 172 g/mol. The summed E-state index contributed by atoms with van der Waals surface area (Å²) in [7, 11) is 0.